The first kappa shape index (κ1) is 12.5. The molecule has 0 saturated heterocycles. The van der Waals surface area contributed by atoms with E-state index in [1.165, 1.54) is 13.4 Å². The summed E-state index contributed by atoms with van der Waals surface area (Å²) in [5.74, 6) is 0.553. The predicted molar refractivity (Wildman–Crippen MR) is 61.0 cm³/mol. The molecule has 0 spiro atoms. The Bertz CT molecular complexity index is 414. The summed E-state index contributed by atoms with van der Waals surface area (Å²) >= 11 is 0. The van der Waals surface area contributed by atoms with E-state index in [0.29, 0.717) is 5.82 Å². The van der Waals surface area contributed by atoms with Crippen LogP contribution in [0.25, 0.3) is 0 Å². The van der Waals surface area contributed by atoms with Crippen LogP contribution in [0.15, 0.2) is 11.1 Å². The molecule has 0 amide bonds. The molecule has 0 aliphatic rings. The zero-order chi connectivity index (χ0) is 12.3. The summed E-state index contributed by atoms with van der Waals surface area (Å²) < 4.78 is 5.01. The summed E-state index contributed by atoms with van der Waals surface area (Å²) in [6.07, 6.45) is 1.31. The van der Waals surface area contributed by atoms with Gasteiger partial charge in [-0.1, -0.05) is 0 Å². The third kappa shape index (κ3) is 2.16. The second-order valence-electron chi connectivity index (χ2n) is 4.12. The highest BCUT2D eigenvalue weighted by molar-refractivity contribution is 5.51. The van der Waals surface area contributed by atoms with E-state index in [0.717, 1.165) is 0 Å². The zero-order valence-corrected chi connectivity index (χ0v) is 9.94. The van der Waals surface area contributed by atoms with Gasteiger partial charge in [0.25, 0.3) is 5.56 Å². The van der Waals surface area contributed by atoms with Gasteiger partial charge >= 0.3 is 0 Å². The van der Waals surface area contributed by atoms with Crippen LogP contribution in [-0.2, 0) is 0 Å². The Balaban J connectivity index is 3.23. The van der Waals surface area contributed by atoms with Crippen molar-refractivity contribution in [1.29, 1.82) is 0 Å². The number of methoxy groups -OCH3 is 1. The van der Waals surface area contributed by atoms with Crippen LogP contribution in [0.4, 0.5) is 5.82 Å². The molecular weight excluding hydrogens is 210 g/mol. The van der Waals surface area contributed by atoms with Crippen molar-refractivity contribution in [2.45, 2.75) is 19.4 Å². The maximum Gasteiger partial charge on any atom is 0.295 e. The Morgan fingerprint density at radius 1 is 1.62 bits per heavy atom. The van der Waals surface area contributed by atoms with Gasteiger partial charge in [0.15, 0.2) is 5.82 Å². The lowest BCUT2D eigenvalue weighted by Gasteiger charge is -2.35. The van der Waals surface area contributed by atoms with Gasteiger partial charge in [-0.15, -0.1) is 0 Å². The molecule has 0 radical (unpaired) electrons. The topological polar surface area (TPSA) is 78.5 Å². The van der Waals surface area contributed by atoms with Crippen LogP contribution in [0.5, 0.6) is 5.75 Å². The summed E-state index contributed by atoms with van der Waals surface area (Å²) in [5, 5.41) is 9.26. The zero-order valence-electron chi connectivity index (χ0n) is 9.94. The first-order valence-corrected chi connectivity index (χ1v) is 4.90. The largest absolute Gasteiger partial charge is 0.489 e. The van der Waals surface area contributed by atoms with Crippen molar-refractivity contribution in [2.75, 3.05) is 25.7 Å². The number of hydrogen-bond donors (Lipinski definition) is 2. The number of likely N-dealkylation sites (N-methyl/N-ethyl adjacent to an activating group) is 1. The maximum atomic E-state index is 11.5. The van der Waals surface area contributed by atoms with E-state index in [-0.39, 0.29) is 17.9 Å². The van der Waals surface area contributed by atoms with E-state index in [9.17, 15) is 9.90 Å². The van der Waals surface area contributed by atoms with Crippen LogP contribution < -0.4 is 15.2 Å². The van der Waals surface area contributed by atoms with Gasteiger partial charge < -0.3 is 19.7 Å². The van der Waals surface area contributed by atoms with Crippen molar-refractivity contribution in [2.24, 2.45) is 0 Å². The van der Waals surface area contributed by atoms with Crippen molar-refractivity contribution in [3.8, 4) is 5.75 Å². The molecular formula is C10H17N3O3. The monoisotopic (exact) mass is 227 g/mol. The molecule has 1 rings (SSSR count). The fourth-order valence-corrected chi connectivity index (χ4v) is 1.19. The van der Waals surface area contributed by atoms with Crippen molar-refractivity contribution in [1.82, 2.24) is 9.97 Å². The maximum absolute atomic E-state index is 11.5. The van der Waals surface area contributed by atoms with E-state index >= 15 is 0 Å². The Labute approximate surface area is 93.9 Å². The fourth-order valence-electron chi connectivity index (χ4n) is 1.19. The standard InChI is InChI=1S/C10H17N3O3/c1-10(2,5-14)13(3)8-7(16-4)9(15)12-6-11-8/h6,14H,5H2,1-4H3,(H,11,12,15). The fraction of sp³-hybridized carbons (Fsp3) is 0.600. The highest BCUT2D eigenvalue weighted by Gasteiger charge is 2.27. The van der Waals surface area contributed by atoms with Crippen LogP contribution in [0.1, 0.15) is 13.8 Å². The molecule has 6 heteroatoms. The molecule has 0 saturated carbocycles. The van der Waals surface area contributed by atoms with Gasteiger partial charge in [-0.2, -0.15) is 0 Å². The number of nitrogens with one attached hydrogen (secondary N) is 1. The number of hydrogen-bond acceptors (Lipinski definition) is 5. The SMILES string of the molecule is COc1c(N(C)C(C)(C)CO)nc[nH]c1=O. The van der Waals surface area contributed by atoms with Gasteiger partial charge in [0.2, 0.25) is 5.75 Å². The van der Waals surface area contributed by atoms with Gasteiger partial charge in [-0.25, -0.2) is 4.98 Å². The number of aliphatic hydroxyl groups excluding tert-OH is 1. The van der Waals surface area contributed by atoms with E-state index < -0.39 is 5.54 Å². The molecule has 16 heavy (non-hydrogen) atoms. The summed E-state index contributed by atoms with van der Waals surface area (Å²) in [6, 6.07) is 0. The molecule has 0 bridgehead atoms. The average Bonchev–Trinajstić information content (AvgIpc) is 2.27. The van der Waals surface area contributed by atoms with Gasteiger partial charge in [-0.05, 0) is 13.8 Å². The Morgan fingerprint density at radius 2 is 2.25 bits per heavy atom. The number of aromatic nitrogens is 2. The van der Waals surface area contributed by atoms with Crippen LogP contribution in [0, 0.1) is 0 Å². The molecule has 0 aromatic carbocycles. The smallest absolute Gasteiger partial charge is 0.295 e. The number of aromatic amines is 1. The van der Waals surface area contributed by atoms with Crippen LogP contribution in [0.3, 0.4) is 0 Å². The van der Waals surface area contributed by atoms with Gasteiger partial charge in [0.05, 0.1) is 25.6 Å². The number of nitrogens with zero attached hydrogens (tertiary/aromatic N) is 2. The molecule has 1 aromatic rings. The molecule has 1 heterocycles. The first-order chi connectivity index (χ1) is 7.44. The third-order valence-electron chi connectivity index (χ3n) is 2.61. The van der Waals surface area contributed by atoms with Gasteiger partial charge in [0, 0.05) is 7.05 Å². The number of aliphatic hydroxyl groups is 1. The minimum Gasteiger partial charge on any atom is -0.489 e. The van der Waals surface area contributed by atoms with Gasteiger partial charge in [-0.3, -0.25) is 4.79 Å². The molecule has 2 N–H and O–H groups in total. The summed E-state index contributed by atoms with van der Waals surface area (Å²) in [6.45, 7) is 3.63. The highest BCUT2D eigenvalue weighted by Crippen LogP contribution is 2.25. The minimum absolute atomic E-state index is 0.0544. The number of anilines is 1. The normalized spacial score (nSPS) is 11.3. The lowest BCUT2D eigenvalue weighted by atomic mass is 10.1. The van der Waals surface area contributed by atoms with Gasteiger partial charge in [0.1, 0.15) is 0 Å². The Hall–Kier alpha value is -1.56. The number of ether oxygens (including phenoxy) is 1. The van der Waals surface area contributed by atoms with Crippen LogP contribution >= 0.6 is 0 Å². The lowest BCUT2D eigenvalue weighted by molar-refractivity contribution is 0.215. The van der Waals surface area contributed by atoms with E-state index in [4.69, 9.17) is 4.74 Å². The Kier molecular flexibility index (Phi) is 3.54. The van der Waals surface area contributed by atoms with Crippen LogP contribution in [-0.4, -0.2) is 41.4 Å². The van der Waals surface area contributed by atoms with Crippen molar-refractivity contribution in [3.63, 3.8) is 0 Å². The van der Waals surface area contributed by atoms with Crippen molar-refractivity contribution >= 4 is 5.82 Å². The van der Waals surface area contributed by atoms with E-state index in [2.05, 4.69) is 9.97 Å². The average molecular weight is 227 g/mol. The van der Waals surface area contributed by atoms with E-state index in [1.54, 1.807) is 11.9 Å². The second kappa shape index (κ2) is 4.52. The minimum atomic E-state index is -0.520. The molecule has 0 aliphatic heterocycles. The first-order valence-electron chi connectivity index (χ1n) is 4.90. The highest BCUT2D eigenvalue weighted by atomic mass is 16.5. The van der Waals surface area contributed by atoms with Crippen LogP contribution in [0.2, 0.25) is 0 Å². The molecule has 0 fully saturated rings. The summed E-state index contributed by atoms with van der Waals surface area (Å²) in [4.78, 5) is 19.7. The molecule has 0 unspecified atom stereocenters. The van der Waals surface area contributed by atoms with E-state index in [1.807, 2.05) is 13.8 Å². The molecule has 0 atom stereocenters. The van der Waals surface area contributed by atoms with Crippen molar-refractivity contribution in [3.05, 3.63) is 16.7 Å². The lowest BCUT2D eigenvalue weighted by Crippen LogP contribution is -2.45. The summed E-state index contributed by atoms with van der Waals surface area (Å²) in [7, 11) is 3.16. The third-order valence-corrected chi connectivity index (χ3v) is 2.61. The molecule has 6 nitrogen and oxygen atoms in total. The number of H-pyrrole nitrogens is 1. The van der Waals surface area contributed by atoms with Crippen molar-refractivity contribution < 1.29 is 9.84 Å². The molecule has 0 aliphatic carbocycles. The second-order valence-corrected chi connectivity index (χ2v) is 4.12. The molecule has 90 valence electrons. The molecule has 1 aromatic heterocycles. The Morgan fingerprint density at radius 3 is 2.75 bits per heavy atom. The summed E-state index contributed by atoms with van der Waals surface area (Å²) in [5.41, 5.74) is -0.860. The number of rotatable bonds is 4. The predicted octanol–water partition coefficient (Wildman–Crippen LogP) is -0.0144. The quantitative estimate of drug-likeness (QED) is 0.756.